The number of anilines is 1. The van der Waals surface area contributed by atoms with E-state index < -0.39 is 0 Å². The molecule has 0 spiro atoms. The van der Waals surface area contributed by atoms with E-state index in [2.05, 4.69) is 55.0 Å². The average Bonchev–Trinajstić information content (AvgIpc) is 3.42. The van der Waals surface area contributed by atoms with E-state index in [4.69, 9.17) is 8.83 Å². The second-order valence-electron chi connectivity index (χ2n) is 6.83. The molecule has 3 aromatic rings. The molecule has 3 heterocycles. The first-order valence-electron chi connectivity index (χ1n) is 9.35. The summed E-state index contributed by atoms with van der Waals surface area (Å²) >= 11 is 0. The van der Waals surface area contributed by atoms with Crippen molar-refractivity contribution in [2.45, 2.75) is 13.1 Å². The van der Waals surface area contributed by atoms with E-state index in [0.29, 0.717) is 0 Å². The van der Waals surface area contributed by atoms with Gasteiger partial charge < -0.3 is 13.7 Å². The molecule has 0 aliphatic carbocycles. The number of nitrogens with zero attached hydrogens (tertiary/aromatic N) is 5. The van der Waals surface area contributed by atoms with Crippen molar-refractivity contribution in [2.24, 2.45) is 0 Å². The third kappa shape index (κ3) is 4.96. The van der Waals surface area contributed by atoms with Crippen LogP contribution in [-0.2, 0) is 13.1 Å². The predicted molar refractivity (Wildman–Crippen MR) is 102 cm³/mol. The van der Waals surface area contributed by atoms with Gasteiger partial charge in [0.05, 0.1) is 11.4 Å². The van der Waals surface area contributed by atoms with Crippen molar-refractivity contribution in [3.63, 3.8) is 0 Å². The Kier molecular flexibility index (Phi) is 5.81. The number of piperazine rings is 1. The van der Waals surface area contributed by atoms with Crippen LogP contribution in [0.2, 0.25) is 0 Å². The monoisotopic (exact) mass is 367 g/mol. The fraction of sp³-hybridized carbons (Fsp3) is 0.400. The summed E-state index contributed by atoms with van der Waals surface area (Å²) in [6.45, 7) is 7.75. The van der Waals surface area contributed by atoms with E-state index in [1.54, 1.807) is 12.5 Å². The van der Waals surface area contributed by atoms with Crippen LogP contribution in [0.1, 0.15) is 11.4 Å². The van der Waals surface area contributed by atoms with Crippen LogP contribution in [0.15, 0.2) is 64.5 Å². The van der Waals surface area contributed by atoms with Gasteiger partial charge in [0.15, 0.2) is 12.8 Å². The number of oxazole rings is 2. The minimum atomic E-state index is 0.743. The summed E-state index contributed by atoms with van der Waals surface area (Å²) in [7, 11) is 0. The van der Waals surface area contributed by atoms with E-state index in [1.165, 1.54) is 18.5 Å². The lowest BCUT2D eigenvalue weighted by atomic mass is 10.2. The fourth-order valence-corrected chi connectivity index (χ4v) is 3.45. The van der Waals surface area contributed by atoms with Crippen LogP contribution in [-0.4, -0.2) is 59.0 Å². The van der Waals surface area contributed by atoms with Gasteiger partial charge in [-0.25, -0.2) is 9.97 Å². The zero-order valence-corrected chi connectivity index (χ0v) is 15.4. The maximum absolute atomic E-state index is 5.11. The maximum atomic E-state index is 5.11. The molecule has 1 aromatic carbocycles. The highest BCUT2D eigenvalue weighted by Crippen LogP contribution is 2.15. The zero-order valence-electron chi connectivity index (χ0n) is 15.4. The summed E-state index contributed by atoms with van der Waals surface area (Å²) in [5.41, 5.74) is 3.19. The number of aromatic nitrogens is 2. The Bertz CT molecular complexity index is 732. The molecule has 0 atom stereocenters. The largest absolute Gasteiger partial charge is 0.451 e. The fourth-order valence-electron chi connectivity index (χ4n) is 3.45. The first-order chi connectivity index (χ1) is 13.4. The molecule has 0 amide bonds. The lowest BCUT2D eigenvalue weighted by Gasteiger charge is -2.37. The summed E-state index contributed by atoms with van der Waals surface area (Å²) in [6, 6.07) is 10.7. The van der Waals surface area contributed by atoms with Gasteiger partial charge in [0.2, 0.25) is 0 Å². The van der Waals surface area contributed by atoms with Crippen LogP contribution in [0.4, 0.5) is 5.69 Å². The lowest BCUT2D eigenvalue weighted by Crippen LogP contribution is -2.48. The topological polar surface area (TPSA) is 61.8 Å². The molecule has 0 radical (unpaired) electrons. The number of hydrogen-bond acceptors (Lipinski definition) is 7. The summed E-state index contributed by atoms with van der Waals surface area (Å²) in [5, 5.41) is 0. The standard InChI is InChI=1S/C20H25N5O2/c1-2-4-20(5-3-1)25-10-8-23(9-11-25)6-7-24(12-18-14-26-16-21-18)13-19-15-27-17-22-19/h1-5,14-17H,6-13H2. The molecular formula is C20H25N5O2. The van der Waals surface area contributed by atoms with Crippen LogP contribution >= 0.6 is 0 Å². The molecule has 1 aliphatic rings. The van der Waals surface area contributed by atoms with Gasteiger partial charge in [0.25, 0.3) is 0 Å². The summed E-state index contributed by atoms with van der Waals surface area (Å²) in [4.78, 5) is 15.8. The molecule has 1 saturated heterocycles. The van der Waals surface area contributed by atoms with E-state index in [-0.39, 0.29) is 0 Å². The molecule has 1 fully saturated rings. The molecule has 27 heavy (non-hydrogen) atoms. The van der Waals surface area contributed by atoms with Gasteiger partial charge in [-0.1, -0.05) is 18.2 Å². The quantitative estimate of drug-likeness (QED) is 0.606. The number of rotatable bonds is 8. The van der Waals surface area contributed by atoms with Crippen LogP contribution in [0.25, 0.3) is 0 Å². The number of benzene rings is 1. The van der Waals surface area contributed by atoms with Crippen LogP contribution in [0.5, 0.6) is 0 Å². The molecule has 0 bridgehead atoms. The highest BCUT2D eigenvalue weighted by molar-refractivity contribution is 5.46. The Hall–Kier alpha value is -2.64. The Morgan fingerprint density at radius 1 is 0.852 bits per heavy atom. The molecule has 142 valence electrons. The lowest BCUT2D eigenvalue weighted by molar-refractivity contribution is 0.184. The molecule has 7 nitrogen and oxygen atoms in total. The third-order valence-electron chi connectivity index (χ3n) is 4.96. The molecular weight excluding hydrogens is 342 g/mol. The van der Waals surface area contributed by atoms with Gasteiger partial charge in [0.1, 0.15) is 12.5 Å². The highest BCUT2D eigenvalue weighted by atomic mass is 16.3. The molecule has 2 aromatic heterocycles. The summed E-state index contributed by atoms with van der Waals surface area (Å²) in [5.74, 6) is 0. The maximum Gasteiger partial charge on any atom is 0.180 e. The minimum Gasteiger partial charge on any atom is -0.451 e. The number of hydrogen-bond donors (Lipinski definition) is 0. The number of para-hydroxylation sites is 1. The predicted octanol–water partition coefficient (Wildman–Crippen LogP) is 2.49. The van der Waals surface area contributed by atoms with Crippen LogP contribution in [0.3, 0.4) is 0 Å². The molecule has 1 aliphatic heterocycles. The molecule has 0 saturated carbocycles. The minimum absolute atomic E-state index is 0.743. The average molecular weight is 367 g/mol. The first kappa shape index (κ1) is 17.8. The Balaban J connectivity index is 1.28. The van der Waals surface area contributed by atoms with Crippen molar-refractivity contribution in [3.8, 4) is 0 Å². The smallest absolute Gasteiger partial charge is 0.180 e. The third-order valence-corrected chi connectivity index (χ3v) is 4.96. The Labute approximate surface area is 159 Å². The van der Waals surface area contributed by atoms with Gasteiger partial charge in [-0.05, 0) is 12.1 Å². The van der Waals surface area contributed by atoms with Crippen molar-refractivity contribution in [1.82, 2.24) is 19.8 Å². The van der Waals surface area contributed by atoms with Crippen molar-refractivity contribution in [3.05, 3.63) is 67.0 Å². The SMILES string of the molecule is c1ccc(N2CCN(CCN(Cc3cocn3)Cc3cocn3)CC2)cc1. The normalized spacial score (nSPS) is 15.5. The van der Waals surface area contributed by atoms with Gasteiger partial charge >= 0.3 is 0 Å². The summed E-state index contributed by atoms with van der Waals surface area (Å²) in [6.07, 6.45) is 6.36. The van der Waals surface area contributed by atoms with E-state index >= 15 is 0 Å². The van der Waals surface area contributed by atoms with Gasteiger partial charge in [-0.2, -0.15) is 0 Å². The summed E-state index contributed by atoms with van der Waals surface area (Å²) < 4.78 is 10.2. The van der Waals surface area contributed by atoms with E-state index in [1.807, 2.05) is 0 Å². The molecule has 0 unspecified atom stereocenters. The van der Waals surface area contributed by atoms with E-state index in [9.17, 15) is 0 Å². The van der Waals surface area contributed by atoms with Gasteiger partial charge in [0, 0.05) is 58.0 Å². The van der Waals surface area contributed by atoms with E-state index in [0.717, 1.165) is 63.7 Å². The van der Waals surface area contributed by atoms with Crippen molar-refractivity contribution >= 4 is 5.69 Å². The second kappa shape index (κ2) is 8.83. The molecule has 4 rings (SSSR count). The van der Waals surface area contributed by atoms with Crippen molar-refractivity contribution in [1.29, 1.82) is 0 Å². The first-order valence-corrected chi connectivity index (χ1v) is 9.35. The van der Waals surface area contributed by atoms with Crippen molar-refractivity contribution < 1.29 is 8.83 Å². The Morgan fingerprint density at radius 3 is 2.04 bits per heavy atom. The van der Waals surface area contributed by atoms with Gasteiger partial charge in [-0.15, -0.1) is 0 Å². The van der Waals surface area contributed by atoms with Crippen LogP contribution in [0, 0.1) is 0 Å². The molecule has 0 N–H and O–H groups in total. The Morgan fingerprint density at radius 2 is 1.48 bits per heavy atom. The molecule has 7 heteroatoms. The highest BCUT2D eigenvalue weighted by Gasteiger charge is 2.18. The second-order valence-corrected chi connectivity index (χ2v) is 6.83. The van der Waals surface area contributed by atoms with Crippen molar-refractivity contribution in [2.75, 3.05) is 44.2 Å². The van der Waals surface area contributed by atoms with Crippen LogP contribution < -0.4 is 4.90 Å². The zero-order chi connectivity index (χ0) is 18.3. The van der Waals surface area contributed by atoms with Gasteiger partial charge in [-0.3, -0.25) is 9.80 Å².